The molecule has 0 unspecified atom stereocenters. The monoisotopic (exact) mass is 273 g/mol. The third-order valence-electron chi connectivity index (χ3n) is 1.80. The predicted octanol–water partition coefficient (Wildman–Crippen LogP) is 1.63. The molecule has 0 amide bonds. The molecule has 0 spiro atoms. The SMILES string of the molecule is NCc1[nH]nc2cc(I)ccc12. The van der Waals surface area contributed by atoms with Crippen LogP contribution in [0.1, 0.15) is 5.69 Å². The molecule has 1 aromatic carbocycles. The number of hydrogen-bond donors (Lipinski definition) is 2. The minimum Gasteiger partial charge on any atom is -0.325 e. The summed E-state index contributed by atoms with van der Waals surface area (Å²) in [5.74, 6) is 0. The standard InChI is InChI=1S/C8H8IN3/c9-5-1-2-6-7(3-5)11-12-8(6)4-10/h1-3H,4,10H2,(H,11,12). The molecule has 2 aromatic rings. The summed E-state index contributed by atoms with van der Waals surface area (Å²) in [4.78, 5) is 0. The van der Waals surface area contributed by atoms with Gasteiger partial charge in [0.05, 0.1) is 11.2 Å². The van der Waals surface area contributed by atoms with E-state index >= 15 is 0 Å². The largest absolute Gasteiger partial charge is 0.325 e. The summed E-state index contributed by atoms with van der Waals surface area (Å²) in [6.07, 6.45) is 0. The number of aromatic nitrogens is 2. The predicted molar refractivity (Wildman–Crippen MR) is 56.7 cm³/mol. The number of nitrogens with zero attached hydrogens (tertiary/aromatic N) is 1. The topological polar surface area (TPSA) is 54.7 Å². The van der Waals surface area contributed by atoms with Crippen molar-refractivity contribution in [3.8, 4) is 0 Å². The van der Waals surface area contributed by atoms with Gasteiger partial charge >= 0.3 is 0 Å². The van der Waals surface area contributed by atoms with Crippen LogP contribution in [-0.2, 0) is 6.54 Å². The van der Waals surface area contributed by atoms with Crippen LogP contribution in [0.25, 0.3) is 10.9 Å². The van der Waals surface area contributed by atoms with Crippen molar-refractivity contribution in [3.63, 3.8) is 0 Å². The van der Waals surface area contributed by atoms with Crippen molar-refractivity contribution in [1.29, 1.82) is 0 Å². The molecule has 0 aliphatic carbocycles. The number of fused-ring (bicyclic) bond motifs is 1. The van der Waals surface area contributed by atoms with E-state index in [0.29, 0.717) is 6.54 Å². The lowest BCUT2D eigenvalue weighted by Crippen LogP contribution is -1.96. The maximum atomic E-state index is 5.53. The van der Waals surface area contributed by atoms with Gasteiger partial charge in [0.15, 0.2) is 0 Å². The Morgan fingerprint density at radius 1 is 1.50 bits per heavy atom. The molecule has 0 fully saturated rings. The number of hydrogen-bond acceptors (Lipinski definition) is 2. The van der Waals surface area contributed by atoms with E-state index in [4.69, 9.17) is 5.73 Å². The molecule has 0 bridgehead atoms. The fraction of sp³-hybridized carbons (Fsp3) is 0.125. The van der Waals surface area contributed by atoms with Gasteiger partial charge in [0.25, 0.3) is 0 Å². The number of halogens is 1. The molecule has 3 nitrogen and oxygen atoms in total. The van der Waals surface area contributed by atoms with Crippen molar-refractivity contribution in [2.24, 2.45) is 5.73 Å². The van der Waals surface area contributed by atoms with Crippen molar-refractivity contribution in [2.45, 2.75) is 6.54 Å². The molecule has 1 heterocycles. The van der Waals surface area contributed by atoms with E-state index in [1.165, 1.54) is 3.57 Å². The fourth-order valence-corrected chi connectivity index (χ4v) is 1.67. The molecule has 3 N–H and O–H groups in total. The Morgan fingerprint density at radius 2 is 2.33 bits per heavy atom. The van der Waals surface area contributed by atoms with Gasteiger partial charge in [0, 0.05) is 15.5 Å². The highest BCUT2D eigenvalue weighted by atomic mass is 127. The molecule has 62 valence electrons. The Morgan fingerprint density at radius 3 is 3.08 bits per heavy atom. The van der Waals surface area contributed by atoms with Crippen LogP contribution in [0.2, 0.25) is 0 Å². The first-order chi connectivity index (χ1) is 5.81. The van der Waals surface area contributed by atoms with E-state index in [-0.39, 0.29) is 0 Å². The van der Waals surface area contributed by atoms with Gasteiger partial charge in [0.2, 0.25) is 0 Å². The Labute approximate surface area is 83.5 Å². The highest BCUT2D eigenvalue weighted by molar-refractivity contribution is 14.1. The highest BCUT2D eigenvalue weighted by Crippen LogP contribution is 2.17. The number of nitrogens with two attached hydrogens (primary N) is 1. The van der Waals surface area contributed by atoms with E-state index in [1.807, 2.05) is 12.1 Å². The van der Waals surface area contributed by atoms with Gasteiger partial charge in [0.1, 0.15) is 0 Å². The fourth-order valence-electron chi connectivity index (χ4n) is 1.20. The number of H-pyrrole nitrogens is 1. The number of nitrogens with one attached hydrogen (secondary N) is 1. The lowest BCUT2D eigenvalue weighted by molar-refractivity contribution is 0.959. The van der Waals surface area contributed by atoms with Gasteiger partial charge < -0.3 is 5.73 Å². The molecule has 1 aromatic heterocycles. The molecule has 0 saturated carbocycles. The lowest BCUT2D eigenvalue weighted by Gasteiger charge is -1.91. The molecule has 0 aliphatic heterocycles. The molecule has 4 heteroatoms. The summed E-state index contributed by atoms with van der Waals surface area (Å²) in [5, 5.41) is 8.18. The van der Waals surface area contributed by atoms with Gasteiger partial charge in [-0.2, -0.15) is 5.10 Å². The third kappa shape index (κ3) is 1.21. The van der Waals surface area contributed by atoms with Crippen LogP contribution in [0.5, 0.6) is 0 Å². The average Bonchev–Trinajstić information content (AvgIpc) is 2.46. The Bertz CT molecular complexity index is 408. The van der Waals surface area contributed by atoms with Crippen LogP contribution < -0.4 is 5.73 Å². The number of benzene rings is 1. The van der Waals surface area contributed by atoms with Gasteiger partial charge in [-0.25, -0.2) is 0 Å². The smallest absolute Gasteiger partial charge is 0.0934 e. The van der Waals surface area contributed by atoms with Crippen LogP contribution in [0.3, 0.4) is 0 Å². The molecule has 0 aliphatic rings. The van der Waals surface area contributed by atoms with Crippen LogP contribution in [0, 0.1) is 3.57 Å². The second kappa shape index (κ2) is 3.02. The summed E-state index contributed by atoms with van der Waals surface area (Å²) in [5.41, 5.74) is 7.51. The van der Waals surface area contributed by atoms with Crippen molar-refractivity contribution >= 4 is 33.5 Å². The molecular weight excluding hydrogens is 265 g/mol. The second-order valence-electron chi connectivity index (χ2n) is 2.57. The van der Waals surface area contributed by atoms with Gasteiger partial charge in [-0.3, -0.25) is 5.10 Å². The van der Waals surface area contributed by atoms with Gasteiger partial charge in [-0.05, 0) is 40.8 Å². The molecule has 2 rings (SSSR count). The van der Waals surface area contributed by atoms with Crippen molar-refractivity contribution in [1.82, 2.24) is 10.2 Å². The van der Waals surface area contributed by atoms with Crippen molar-refractivity contribution < 1.29 is 0 Å². The van der Waals surface area contributed by atoms with E-state index in [9.17, 15) is 0 Å². The van der Waals surface area contributed by atoms with Crippen molar-refractivity contribution in [2.75, 3.05) is 0 Å². The molecule has 0 saturated heterocycles. The minimum atomic E-state index is 0.511. The summed E-state index contributed by atoms with van der Waals surface area (Å²) in [7, 11) is 0. The molecule has 12 heavy (non-hydrogen) atoms. The quantitative estimate of drug-likeness (QED) is 0.776. The van der Waals surface area contributed by atoms with E-state index in [0.717, 1.165) is 16.6 Å². The Balaban J connectivity index is 2.73. The summed E-state index contributed by atoms with van der Waals surface area (Å²) in [6.45, 7) is 0.511. The highest BCUT2D eigenvalue weighted by Gasteiger charge is 2.02. The van der Waals surface area contributed by atoms with Gasteiger partial charge in [-0.1, -0.05) is 0 Å². The van der Waals surface area contributed by atoms with Crippen molar-refractivity contribution in [3.05, 3.63) is 27.5 Å². The zero-order chi connectivity index (χ0) is 8.55. The first-order valence-corrected chi connectivity index (χ1v) is 4.71. The van der Waals surface area contributed by atoms with E-state index in [1.54, 1.807) is 0 Å². The zero-order valence-electron chi connectivity index (χ0n) is 6.34. The Kier molecular flexibility index (Phi) is 2.02. The molecule has 0 atom stereocenters. The number of rotatable bonds is 1. The Hall–Kier alpha value is -0.620. The van der Waals surface area contributed by atoms with E-state index in [2.05, 4.69) is 38.9 Å². The maximum absolute atomic E-state index is 5.53. The molecular formula is C8H8IN3. The summed E-state index contributed by atoms with van der Waals surface area (Å²) in [6, 6.07) is 6.13. The van der Waals surface area contributed by atoms with E-state index < -0.39 is 0 Å². The lowest BCUT2D eigenvalue weighted by atomic mass is 10.2. The van der Waals surface area contributed by atoms with Gasteiger partial charge in [-0.15, -0.1) is 0 Å². The first kappa shape index (κ1) is 8.00. The third-order valence-corrected chi connectivity index (χ3v) is 2.47. The maximum Gasteiger partial charge on any atom is 0.0934 e. The first-order valence-electron chi connectivity index (χ1n) is 3.64. The summed E-state index contributed by atoms with van der Waals surface area (Å²) >= 11 is 2.26. The minimum absolute atomic E-state index is 0.511. The average molecular weight is 273 g/mol. The van der Waals surface area contributed by atoms with Crippen LogP contribution in [-0.4, -0.2) is 10.2 Å². The van der Waals surface area contributed by atoms with Crippen LogP contribution in [0.15, 0.2) is 18.2 Å². The number of aromatic amines is 1. The zero-order valence-corrected chi connectivity index (χ0v) is 8.50. The molecule has 0 radical (unpaired) electrons. The van der Waals surface area contributed by atoms with Crippen LogP contribution >= 0.6 is 22.6 Å². The summed E-state index contributed by atoms with van der Waals surface area (Å²) < 4.78 is 1.19. The van der Waals surface area contributed by atoms with Crippen LogP contribution in [0.4, 0.5) is 0 Å². The second-order valence-corrected chi connectivity index (χ2v) is 3.81. The normalized spacial score (nSPS) is 10.8.